The molecule has 0 unspecified atom stereocenters. The molecule has 0 radical (unpaired) electrons. The van der Waals surface area contributed by atoms with Crippen LogP contribution in [0.2, 0.25) is 0 Å². The molecule has 0 aliphatic carbocycles. The maximum Gasteiger partial charge on any atom is 0.182 e. The fraction of sp³-hybridized carbons (Fsp3) is 0.143. The summed E-state index contributed by atoms with van der Waals surface area (Å²) in [6.07, 6.45) is 0. The minimum Gasteiger partial charge on any atom is -0.503 e. The van der Waals surface area contributed by atoms with Crippen LogP contribution < -0.4 is 16.0 Å². The molecule has 5 heteroatoms. The molecule has 0 heterocycles. The van der Waals surface area contributed by atoms with Crippen molar-refractivity contribution in [1.29, 1.82) is 0 Å². The van der Waals surface area contributed by atoms with Crippen molar-refractivity contribution < 1.29 is 9.84 Å². The molecule has 0 fully saturated rings. The Morgan fingerprint density at radius 2 is 2.25 bits per heavy atom. The van der Waals surface area contributed by atoms with Crippen molar-refractivity contribution >= 4 is 21.6 Å². The molecular formula is C7H9BrN2O2. The number of nitrogens with one attached hydrogen (secondary N) is 1. The number of hydrazine groups is 1. The van der Waals surface area contributed by atoms with Gasteiger partial charge in [0.15, 0.2) is 11.5 Å². The van der Waals surface area contributed by atoms with Gasteiger partial charge in [0.2, 0.25) is 0 Å². The number of rotatable bonds is 2. The van der Waals surface area contributed by atoms with Crippen LogP contribution in [0.3, 0.4) is 0 Å². The third-order valence-corrected chi connectivity index (χ3v) is 1.87. The van der Waals surface area contributed by atoms with Crippen molar-refractivity contribution in [2.24, 2.45) is 5.84 Å². The van der Waals surface area contributed by atoms with E-state index in [2.05, 4.69) is 21.4 Å². The lowest BCUT2D eigenvalue weighted by Crippen LogP contribution is -2.07. The highest BCUT2D eigenvalue weighted by Gasteiger charge is 2.07. The first-order chi connectivity index (χ1) is 5.69. The van der Waals surface area contributed by atoms with Crippen LogP contribution in [0, 0.1) is 0 Å². The van der Waals surface area contributed by atoms with Gasteiger partial charge in [-0.05, 0) is 12.1 Å². The van der Waals surface area contributed by atoms with Gasteiger partial charge < -0.3 is 15.3 Å². The predicted molar refractivity (Wildman–Crippen MR) is 50.2 cm³/mol. The van der Waals surface area contributed by atoms with Gasteiger partial charge in [-0.1, -0.05) is 15.9 Å². The average Bonchev–Trinajstić information content (AvgIpc) is 2.08. The van der Waals surface area contributed by atoms with E-state index in [1.807, 2.05) is 0 Å². The normalized spacial score (nSPS) is 9.58. The standard InChI is InChI=1S/C7H9BrN2O2/c1-12-6-3-4(8)2-5(10-9)7(6)11/h2-3,10-11H,9H2,1H3. The van der Waals surface area contributed by atoms with Crippen LogP contribution >= 0.6 is 15.9 Å². The molecule has 0 aliphatic heterocycles. The van der Waals surface area contributed by atoms with Crippen LogP contribution in [0.4, 0.5) is 5.69 Å². The number of nitrogen functional groups attached to an aromatic ring is 1. The molecule has 0 saturated heterocycles. The third kappa shape index (κ3) is 1.62. The number of hydrogen-bond acceptors (Lipinski definition) is 4. The Balaban J connectivity index is 3.22. The first-order valence-electron chi connectivity index (χ1n) is 3.22. The zero-order valence-corrected chi connectivity index (χ0v) is 8.05. The molecule has 0 saturated carbocycles. The molecule has 1 rings (SSSR count). The molecule has 0 atom stereocenters. The van der Waals surface area contributed by atoms with E-state index in [1.54, 1.807) is 12.1 Å². The van der Waals surface area contributed by atoms with E-state index in [9.17, 15) is 5.11 Å². The SMILES string of the molecule is COc1cc(Br)cc(NN)c1O. The van der Waals surface area contributed by atoms with Crippen LogP contribution in [0.25, 0.3) is 0 Å². The lowest BCUT2D eigenvalue weighted by molar-refractivity contribution is 0.374. The van der Waals surface area contributed by atoms with E-state index in [0.717, 1.165) is 4.47 Å². The van der Waals surface area contributed by atoms with Gasteiger partial charge in [-0.3, -0.25) is 5.84 Å². The Hall–Kier alpha value is -0.940. The Bertz CT molecular complexity index is 266. The van der Waals surface area contributed by atoms with Crippen LogP contribution in [-0.4, -0.2) is 12.2 Å². The predicted octanol–water partition coefficient (Wildman–Crippen LogP) is 1.45. The molecule has 0 aromatic heterocycles. The van der Waals surface area contributed by atoms with Gasteiger partial charge in [0.05, 0.1) is 12.8 Å². The molecular weight excluding hydrogens is 224 g/mol. The van der Waals surface area contributed by atoms with Gasteiger partial charge >= 0.3 is 0 Å². The van der Waals surface area contributed by atoms with E-state index in [1.165, 1.54) is 7.11 Å². The Morgan fingerprint density at radius 1 is 1.58 bits per heavy atom. The van der Waals surface area contributed by atoms with Crippen LogP contribution in [-0.2, 0) is 0 Å². The number of nitrogens with two attached hydrogens (primary N) is 1. The summed E-state index contributed by atoms with van der Waals surface area (Å²) >= 11 is 3.24. The number of phenolic OH excluding ortho intramolecular Hbond substituents is 1. The van der Waals surface area contributed by atoms with E-state index in [-0.39, 0.29) is 5.75 Å². The van der Waals surface area contributed by atoms with Gasteiger partial charge in [0.25, 0.3) is 0 Å². The summed E-state index contributed by atoms with van der Waals surface area (Å²) in [5.41, 5.74) is 2.77. The molecule has 4 nitrogen and oxygen atoms in total. The van der Waals surface area contributed by atoms with Gasteiger partial charge in [0.1, 0.15) is 0 Å². The summed E-state index contributed by atoms with van der Waals surface area (Å²) in [5.74, 6) is 5.53. The quantitative estimate of drug-likeness (QED) is 0.411. The molecule has 12 heavy (non-hydrogen) atoms. The zero-order valence-electron chi connectivity index (χ0n) is 6.47. The number of halogens is 1. The third-order valence-electron chi connectivity index (χ3n) is 1.42. The number of ether oxygens (including phenoxy) is 1. The smallest absolute Gasteiger partial charge is 0.182 e. The molecule has 0 bridgehead atoms. The number of hydrogen-bond donors (Lipinski definition) is 3. The summed E-state index contributed by atoms with van der Waals surface area (Å²) in [6, 6.07) is 3.30. The van der Waals surface area contributed by atoms with Crippen molar-refractivity contribution in [3.63, 3.8) is 0 Å². The molecule has 0 spiro atoms. The summed E-state index contributed by atoms with van der Waals surface area (Å²) in [5, 5.41) is 9.42. The minimum atomic E-state index is 0.00296. The Kier molecular flexibility index (Phi) is 2.78. The fourth-order valence-electron chi connectivity index (χ4n) is 0.840. The molecule has 4 N–H and O–H groups in total. The lowest BCUT2D eigenvalue weighted by Gasteiger charge is -2.08. The van der Waals surface area contributed by atoms with Crippen LogP contribution in [0.15, 0.2) is 16.6 Å². The highest BCUT2D eigenvalue weighted by Crippen LogP contribution is 2.36. The first-order valence-corrected chi connectivity index (χ1v) is 4.01. The molecule has 1 aromatic carbocycles. The lowest BCUT2D eigenvalue weighted by atomic mass is 10.3. The maximum absolute atomic E-state index is 9.42. The van der Waals surface area contributed by atoms with E-state index in [4.69, 9.17) is 10.6 Å². The first kappa shape index (κ1) is 9.15. The van der Waals surface area contributed by atoms with Crippen molar-refractivity contribution in [1.82, 2.24) is 0 Å². The zero-order chi connectivity index (χ0) is 9.14. The van der Waals surface area contributed by atoms with E-state index < -0.39 is 0 Å². The van der Waals surface area contributed by atoms with Crippen molar-refractivity contribution in [2.45, 2.75) is 0 Å². The molecule has 0 amide bonds. The highest BCUT2D eigenvalue weighted by molar-refractivity contribution is 9.10. The minimum absolute atomic E-state index is 0.00296. The molecule has 0 aliphatic rings. The van der Waals surface area contributed by atoms with Crippen molar-refractivity contribution in [3.8, 4) is 11.5 Å². The maximum atomic E-state index is 9.42. The van der Waals surface area contributed by atoms with Gasteiger partial charge in [-0.25, -0.2) is 0 Å². The molecule has 66 valence electrons. The van der Waals surface area contributed by atoms with Crippen LogP contribution in [0.1, 0.15) is 0 Å². The largest absolute Gasteiger partial charge is 0.503 e. The number of anilines is 1. The topological polar surface area (TPSA) is 67.5 Å². The van der Waals surface area contributed by atoms with E-state index >= 15 is 0 Å². The van der Waals surface area contributed by atoms with Crippen molar-refractivity contribution in [2.75, 3.05) is 12.5 Å². The number of aromatic hydroxyl groups is 1. The number of phenols is 1. The number of benzene rings is 1. The Morgan fingerprint density at radius 3 is 2.75 bits per heavy atom. The highest BCUT2D eigenvalue weighted by atomic mass is 79.9. The summed E-state index contributed by atoms with van der Waals surface area (Å²) in [4.78, 5) is 0. The summed E-state index contributed by atoms with van der Waals surface area (Å²) < 4.78 is 5.68. The van der Waals surface area contributed by atoms with Gasteiger partial charge in [0, 0.05) is 4.47 Å². The number of methoxy groups -OCH3 is 1. The summed E-state index contributed by atoms with van der Waals surface area (Å²) in [6.45, 7) is 0. The van der Waals surface area contributed by atoms with Gasteiger partial charge in [-0.2, -0.15) is 0 Å². The second-order valence-electron chi connectivity index (χ2n) is 2.15. The average molecular weight is 233 g/mol. The van der Waals surface area contributed by atoms with E-state index in [0.29, 0.717) is 11.4 Å². The Labute approximate surface area is 78.4 Å². The second kappa shape index (κ2) is 3.64. The summed E-state index contributed by atoms with van der Waals surface area (Å²) in [7, 11) is 1.47. The van der Waals surface area contributed by atoms with Crippen LogP contribution in [0.5, 0.6) is 11.5 Å². The van der Waals surface area contributed by atoms with Crippen molar-refractivity contribution in [3.05, 3.63) is 16.6 Å². The monoisotopic (exact) mass is 232 g/mol. The fourth-order valence-corrected chi connectivity index (χ4v) is 1.28. The second-order valence-corrected chi connectivity index (χ2v) is 3.06. The van der Waals surface area contributed by atoms with Gasteiger partial charge in [-0.15, -0.1) is 0 Å². The molecule has 1 aromatic rings.